The standard InChI is InChI=1S/C29H35N9O3S2/c1-15(31-14-24(39)38-18(13-30)8-17-9-20(17)38)12-29(28-32-34-35-33-28)19-11-23(27(41)37(4)5)42-21(19)7-6-16-10-22(43-25(16)29)26(40)36(2)3/h10-11,15,17-18,20,31H,6-9,12,14H2,1-5H3,(H,32,33,34,35)/t15-,17+,18?,20-,29?/m0/s1. The Morgan fingerprint density at radius 3 is 2.51 bits per heavy atom. The number of amides is 3. The van der Waals surface area contributed by atoms with Crippen LogP contribution in [0.4, 0.5) is 0 Å². The van der Waals surface area contributed by atoms with Gasteiger partial charge in [0, 0.05) is 50.0 Å². The Morgan fingerprint density at radius 2 is 1.86 bits per heavy atom. The monoisotopic (exact) mass is 621 g/mol. The van der Waals surface area contributed by atoms with Crippen molar-refractivity contribution in [3.05, 3.63) is 48.6 Å². The number of nitriles is 1. The van der Waals surface area contributed by atoms with Gasteiger partial charge < -0.3 is 20.0 Å². The SMILES string of the molecule is C[C@@H](CC1(c2nn[nH]n2)c2cc(C(=O)N(C)C)sc2CCc2cc(C(=O)N(C)C)sc21)NCC(=O)N1C(C#N)C[C@@H]2C[C@@H]21. The number of aromatic nitrogens is 4. The van der Waals surface area contributed by atoms with Gasteiger partial charge in [0.25, 0.3) is 11.8 Å². The number of likely N-dealkylation sites (tertiary alicyclic amines) is 1. The van der Waals surface area contributed by atoms with E-state index in [4.69, 9.17) is 0 Å². The molecule has 0 aromatic carbocycles. The number of H-pyrrole nitrogens is 1. The Bertz CT molecular complexity index is 1540. The Morgan fingerprint density at radius 1 is 1.14 bits per heavy atom. The molecule has 43 heavy (non-hydrogen) atoms. The number of aryl methyl sites for hydroxylation is 2. The van der Waals surface area contributed by atoms with Crippen LogP contribution in [0.15, 0.2) is 12.1 Å². The largest absolute Gasteiger partial charge is 0.344 e. The summed E-state index contributed by atoms with van der Waals surface area (Å²) in [5.41, 5.74) is 1.05. The second-order valence-corrected chi connectivity index (χ2v) is 14.4. The molecule has 2 fully saturated rings. The Balaban J connectivity index is 1.41. The lowest BCUT2D eigenvalue weighted by Gasteiger charge is -2.34. The van der Waals surface area contributed by atoms with E-state index in [0.717, 1.165) is 33.7 Å². The van der Waals surface area contributed by atoms with E-state index in [9.17, 15) is 19.6 Å². The first kappa shape index (κ1) is 29.4. The summed E-state index contributed by atoms with van der Waals surface area (Å²) in [5.74, 6) is 0.674. The number of rotatable bonds is 8. The minimum absolute atomic E-state index is 0.0661. The molecule has 5 atom stereocenters. The molecule has 0 spiro atoms. The molecule has 3 aromatic rings. The maximum absolute atomic E-state index is 13.3. The third-order valence-corrected chi connectivity index (χ3v) is 11.3. The molecule has 0 radical (unpaired) electrons. The first-order valence-electron chi connectivity index (χ1n) is 14.4. The second kappa shape index (κ2) is 11.1. The molecule has 1 aliphatic heterocycles. The topological polar surface area (TPSA) is 151 Å². The number of nitrogens with zero attached hydrogens (tertiary/aromatic N) is 7. The van der Waals surface area contributed by atoms with Gasteiger partial charge in [0.2, 0.25) is 5.91 Å². The number of hydrogen-bond donors (Lipinski definition) is 2. The highest BCUT2D eigenvalue weighted by atomic mass is 32.1. The van der Waals surface area contributed by atoms with Gasteiger partial charge >= 0.3 is 0 Å². The molecule has 3 aromatic heterocycles. The molecule has 14 heteroatoms. The van der Waals surface area contributed by atoms with Gasteiger partial charge in [-0.25, -0.2) is 0 Å². The summed E-state index contributed by atoms with van der Waals surface area (Å²) in [6.07, 6.45) is 3.59. The molecule has 3 aliphatic rings. The van der Waals surface area contributed by atoms with Crippen molar-refractivity contribution in [2.75, 3.05) is 34.7 Å². The third-order valence-electron chi connectivity index (χ3n) is 8.80. The number of hydrogen-bond acceptors (Lipinski definition) is 10. The number of aromatic amines is 1. The molecular weight excluding hydrogens is 587 g/mol. The lowest BCUT2D eigenvalue weighted by Crippen LogP contribution is -2.46. The quantitative estimate of drug-likeness (QED) is 0.388. The van der Waals surface area contributed by atoms with Crippen molar-refractivity contribution in [2.24, 2.45) is 5.92 Å². The lowest BCUT2D eigenvalue weighted by atomic mass is 9.73. The first-order chi connectivity index (χ1) is 20.5. The number of piperidine rings is 1. The predicted octanol–water partition coefficient (Wildman–Crippen LogP) is 2.04. The average Bonchev–Trinajstić information content (AvgIpc) is 3.48. The van der Waals surface area contributed by atoms with E-state index in [2.05, 4.69) is 32.0 Å². The van der Waals surface area contributed by atoms with Gasteiger partial charge in [-0.3, -0.25) is 14.4 Å². The van der Waals surface area contributed by atoms with E-state index in [1.165, 1.54) is 22.7 Å². The normalized spacial score (nSPS) is 24.3. The number of carbonyl (C=O) groups is 3. The Kier molecular flexibility index (Phi) is 7.60. The molecular formula is C29H35N9O3S2. The van der Waals surface area contributed by atoms with Gasteiger partial charge in [-0.15, -0.1) is 32.9 Å². The van der Waals surface area contributed by atoms with E-state index in [0.29, 0.717) is 40.8 Å². The highest BCUT2D eigenvalue weighted by molar-refractivity contribution is 7.15. The molecule has 12 nitrogen and oxygen atoms in total. The van der Waals surface area contributed by atoms with Crippen LogP contribution in [0.1, 0.15) is 72.2 Å². The van der Waals surface area contributed by atoms with Crippen LogP contribution in [0, 0.1) is 17.2 Å². The summed E-state index contributed by atoms with van der Waals surface area (Å²) in [5, 5.41) is 28.6. The molecule has 0 bridgehead atoms. The Hall–Kier alpha value is -3.67. The van der Waals surface area contributed by atoms with E-state index >= 15 is 0 Å². The smallest absolute Gasteiger partial charge is 0.263 e. The maximum Gasteiger partial charge on any atom is 0.263 e. The summed E-state index contributed by atoms with van der Waals surface area (Å²) in [7, 11) is 6.94. The van der Waals surface area contributed by atoms with Crippen LogP contribution in [-0.4, -0.2) is 106 Å². The van der Waals surface area contributed by atoms with Crippen molar-refractivity contribution in [3.63, 3.8) is 0 Å². The maximum atomic E-state index is 13.3. The molecule has 2 N–H and O–H groups in total. The van der Waals surface area contributed by atoms with E-state index in [-0.39, 0.29) is 42.4 Å². The summed E-state index contributed by atoms with van der Waals surface area (Å²) in [6.45, 7) is 2.12. The second-order valence-electron chi connectivity index (χ2n) is 12.2. The summed E-state index contributed by atoms with van der Waals surface area (Å²) in [4.78, 5) is 47.7. The van der Waals surface area contributed by atoms with E-state index in [1.54, 1.807) is 42.9 Å². The van der Waals surface area contributed by atoms with Crippen molar-refractivity contribution in [1.82, 2.24) is 40.6 Å². The van der Waals surface area contributed by atoms with Crippen LogP contribution in [-0.2, 0) is 23.1 Å². The number of tetrazole rings is 1. The van der Waals surface area contributed by atoms with Gasteiger partial charge in [-0.2, -0.15) is 10.5 Å². The molecule has 1 saturated heterocycles. The zero-order chi connectivity index (χ0) is 30.6. The van der Waals surface area contributed by atoms with Crippen LogP contribution < -0.4 is 5.32 Å². The zero-order valence-electron chi connectivity index (χ0n) is 24.9. The summed E-state index contributed by atoms with van der Waals surface area (Å²) >= 11 is 2.92. The van der Waals surface area contributed by atoms with Gasteiger partial charge in [0.15, 0.2) is 5.82 Å². The fourth-order valence-corrected chi connectivity index (χ4v) is 9.35. The van der Waals surface area contributed by atoms with Crippen molar-refractivity contribution in [2.45, 2.75) is 62.6 Å². The van der Waals surface area contributed by atoms with Crippen LogP contribution >= 0.6 is 22.7 Å². The minimum Gasteiger partial charge on any atom is -0.344 e. The summed E-state index contributed by atoms with van der Waals surface area (Å²) < 4.78 is 0. The van der Waals surface area contributed by atoms with Crippen molar-refractivity contribution in [1.29, 1.82) is 5.26 Å². The molecule has 2 unspecified atom stereocenters. The van der Waals surface area contributed by atoms with Crippen LogP contribution in [0.3, 0.4) is 0 Å². The summed E-state index contributed by atoms with van der Waals surface area (Å²) in [6, 6.07) is 5.84. The molecule has 1 saturated carbocycles. The van der Waals surface area contributed by atoms with Gasteiger partial charge in [-0.05, 0) is 68.2 Å². The molecule has 6 rings (SSSR count). The van der Waals surface area contributed by atoms with E-state index in [1.807, 2.05) is 19.1 Å². The molecule has 2 aliphatic carbocycles. The van der Waals surface area contributed by atoms with Gasteiger partial charge in [0.05, 0.1) is 27.8 Å². The lowest BCUT2D eigenvalue weighted by molar-refractivity contribution is -0.131. The third kappa shape index (κ3) is 5.03. The fraction of sp³-hybridized carbons (Fsp3) is 0.552. The molecule has 4 heterocycles. The molecule has 226 valence electrons. The Labute approximate surface area is 258 Å². The first-order valence-corrected chi connectivity index (χ1v) is 16.1. The zero-order valence-corrected chi connectivity index (χ0v) is 26.5. The highest BCUT2D eigenvalue weighted by Crippen LogP contribution is 2.52. The number of carbonyl (C=O) groups excluding carboxylic acids is 3. The van der Waals surface area contributed by atoms with Crippen LogP contribution in [0.5, 0.6) is 0 Å². The number of fused-ring (bicyclic) bond motifs is 3. The van der Waals surface area contributed by atoms with Crippen LogP contribution in [0.2, 0.25) is 0 Å². The molecule has 3 amide bonds. The van der Waals surface area contributed by atoms with Crippen molar-refractivity contribution < 1.29 is 14.4 Å². The minimum atomic E-state index is -0.926. The van der Waals surface area contributed by atoms with Gasteiger partial charge in [-0.1, -0.05) is 5.21 Å². The van der Waals surface area contributed by atoms with Gasteiger partial charge in [0.1, 0.15) is 6.04 Å². The number of nitrogens with one attached hydrogen (secondary N) is 2. The van der Waals surface area contributed by atoms with Crippen molar-refractivity contribution >= 4 is 40.4 Å². The number of thiophene rings is 2. The van der Waals surface area contributed by atoms with Crippen LogP contribution in [0.25, 0.3) is 0 Å². The fourth-order valence-electron chi connectivity index (χ4n) is 6.65. The van der Waals surface area contributed by atoms with Crippen molar-refractivity contribution in [3.8, 4) is 6.07 Å². The predicted molar refractivity (Wildman–Crippen MR) is 161 cm³/mol. The highest BCUT2D eigenvalue weighted by Gasteiger charge is 2.54. The average molecular weight is 622 g/mol. The van der Waals surface area contributed by atoms with E-state index < -0.39 is 5.41 Å².